The van der Waals surface area contributed by atoms with Crippen molar-refractivity contribution in [3.05, 3.63) is 46.8 Å². The van der Waals surface area contributed by atoms with Crippen LogP contribution in [-0.4, -0.2) is 102 Å². The van der Waals surface area contributed by atoms with Crippen molar-refractivity contribution in [1.82, 2.24) is 20.1 Å². The van der Waals surface area contributed by atoms with E-state index in [-0.39, 0.29) is 23.8 Å². The highest BCUT2D eigenvalue weighted by molar-refractivity contribution is 9.09. The molecule has 13 heteroatoms. The van der Waals surface area contributed by atoms with Crippen LogP contribution in [0.25, 0.3) is 22.0 Å². The van der Waals surface area contributed by atoms with E-state index < -0.39 is 23.8 Å². The van der Waals surface area contributed by atoms with E-state index in [4.69, 9.17) is 23.9 Å². The number of fused-ring (bicyclic) bond motifs is 1. The fourth-order valence-corrected chi connectivity index (χ4v) is 8.22. The van der Waals surface area contributed by atoms with Crippen molar-refractivity contribution in [2.45, 2.75) is 96.4 Å². The smallest absolute Gasteiger partial charge is 0.410 e. The molecule has 1 aromatic heterocycles. The molecule has 2 heterocycles. The zero-order chi connectivity index (χ0) is 38.0. The molecule has 0 spiro atoms. The number of amides is 3. The van der Waals surface area contributed by atoms with Gasteiger partial charge in [-0.2, -0.15) is 0 Å². The summed E-state index contributed by atoms with van der Waals surface area (Å²) in [5.74, 6) is 0.383. The third-order valence-electron chi connectivity index (χ3n) is 9.91. The molecule has 0 unspecified atom stereocenters. The number of rotatable bonds is 16. The average Bonchev–Trinajstić information content (AvgIpc) is 3.84. The highest BCUT2D eigenvalue weighted by Crippen LogP contribution is 2.40. The summed E-state index contributed by atoms with van der Waals surface area (Å²) in [6.45, 7) is 10.3. The molecule has 1 saturated carbocycles. The predicted molar refractivity (Wildman–Crippen MR) is 212 cm³/mol. The van der Waals surface area contributed by atoms with Gasteiger partial charge in [0.05, 0.1) is 38.2 Å². The van der Waals surface area contributed by atoms with Gasteiger partial charge in [-0.25, -0.2) is 9.78 Å². The van der Waals surface area contributed by atoms with E-state index >= 15 is 0 Å². The predicted octanol–water partition coefficient (Wildman–Crippen LogP) is 7.75. The first-order valence-corrected chi connectivity index (χ1v) is 20.9. The molecule has 2 fully saturated rings. The molecule has 11 nitrogen and oxygen atoms in total. The summed E-state index contributed by atoms with van der Waals surface area (Å²) < 4.78 is 22.7. The minimum absolute atomic E-state index is 0.0316. The number of likely N-dealkylation sites (tertiary alicyclic amines) is 1. The van der Waals surface area contributed by atoms with Gasteiger partial charge in [-0.05, 0) is 76.8 Å². The number of halogens is 1. The van der Waals surface area contributed by atoms with Crippen LogP contribution in [0.2, 0.25) is 0 Å². The molecule has 3 atom stereocenters. The van der Waals surface area contributed by atoms with Crippen molar-refractivity contribution >= 4 is 55.9 Å². The van der Waals surface area contributed by atoms with Gasteiger partial charge < -0.3 is 29.2 Å². The van der Waals surface area contributed by atoms with Crippen molar-refractivity contribution in [3.63, 3.8) is 0 Å². The Morgan fingerprint density at radius 3 is 2.38 bits per heavy atom. The minimum Gasteiger partial charge on any atom is -0.491 e. The Morgan fingerprint density at radius 2 is 1.66 bits per heavy atom. The largest absolute Gasteiger partial charge is 0.491 e. The maximum atomic E-state index is 14.5. The number of alkyl halides is 1. The van der Waals surface area contributed by atoms with Gasteiger partial charge in [0.25, 0.3) is 0 Å². The van der Waals surface area contributed by atoms with Crippen LogP contribution in [0, 0.1) is 5.92 Å². The topological polar surface area (TPSA) is 120 Å². The lowest BCUT2D eigenvalue weighted by Crippen LogP contribution is -2.56. The van der Waals surface area contributed by atoms with E-state index in [9.17, 15) is 14.4 Å². The van der Waals surface area contributed by atoms with Crippen molar-refractivity contribution < 1.29 is 33.3 Å². The number of ether oxygens (including phenoxy) is 4. The summed E-state index contributed by atoms with van der Waals surface area (Å²) in [4.78, 5) is 49.2. The Bertz CT molecular complexity index is 1670. The minimum atomic E-state index is -0.811. The molecule has 2 aliphatic rings. The number of hydrogen-bond acceptors (Lipinski definition) is 9. The second kappa shape index (κ2) is 19.4. The molecule has 5 rings (SSSR count). The second-order valence-electron chi connectivity index (χ2n) is 14.8. The number of hydrogen-bond donors (Lipinski definition) is 1. The van der Waals surface area contributed by atoms with E-state index in [1.807, 2.05) is 29.2 Å². The van der Waals surface area contributed by atoms with E-state index in [2.05, 4.69) is 38.8 Å². The van der Waals surface area contributed by atoms with Crippen molar-refractivity contribution in [3.8, 4) is 17.0 Å². The normalized spacial score (nSPS) is 17.8. The molecule has 3 aromatic rings. The van der Waals surface area contributed by atoms with Gasteiger partial charge in [-0.15, -0.1) is 11.3 Å². The second-order valence-corrected chi connectivity index (χ2v) is 16.5. The van der Waals surface area contributed by atoms with Crippen LogP contribution < -0.4 is 10.1 Å². The quantitative estimate of drug-likeness (QED) is 0.115. The first-order chi connectivity index (χ1) is 25.5. The Kier molecular flexibility index (Phi) is 14.9. The van der Waals surface area contributed by atoms with Crippen LogP contribution in [-0.2, 0) is 23.8 Å². The van der Waals surface area contributed by atoms with E-state index in [1.54, 1.807) is 46.1 Å². The maximum absolute atomic E-state index is 14.5. The molecule has 0 bridgehead atoms. The number of carbonyl (C=O) groups is 3. The van der Waals surface area contributed by atoms with Gasteiger partial charge in [0, 0.05) is 35.3 Å². The number of nitrogens with zero attached hydrogens (tertiary/aromatic N) is 3. The number of thiazole rings is 1. The van der Waals surface area contributed by atoms with Crippen molar-refractivity contribution in [1.29, 1.82) is 0 Å². The molecule has 53 heavy (non-hydrogen) atoms. The van der Waals surface area contributed by atoms with Crippen LogP contribution in [0.5, 0.6) is 5.75 Å². The zero-order valence-electron chi connectivity index (χ0n) is 31.7. The molecule has 1 aliphatic heterocycles. The molecule has 2 aromatic carbocycles. The first kappa shape index (κ1) is 40.9. The summed E-state index contributed by atoms with van der Waals surface area (Å²) >= 11 is 4.91. The van der Waals surface area contributed by atoms with Gasteiger partial charge in [-0.3, -0.25) is 14.5 Å². The van der Waals surface area contributed by atoms with Gasteiger partial charge in [0.1, 0.15) is 35.0 Å². The highest BCUT2D eigenvalue weighted by atomic mass is 79.9. The number of nitrogens with one attached hydrogen (secondary N) is 1. The van der Waals surface area contributed by atoms with Gasteiger partial charge in [0.2, 0.25) is 11.8 Å². The van der Waals surface area contributed by atoms with Crippen LogP contribution in [0.15, 0.2) is 41.8 Å². The molecular weight excluding hydrogens is 760 g/mol. The summed E-state index contributed by atoms with van der Waals surface area (Å²) in [7, 11) is 1.55. The molecule has 1 saturated heterocycles. The molecule has 1 aliphatic carbocycles. The Labute approximate surface area is 326 Å². The molecule has 1 N–H and O–H groups in total. The fraction of sp³-hybridized carbons (Fsp3) is 0.600. The summed E-state index contributed by atoms with van der Waals surface area (Å²) in [5.41, 5.74) is 1.17. The fourth-order valence-electron chi connectivity index (χ4n) is 7.03. The van der Waals surface area contributed by atoms with Crippen molar-refractivity contribution in [2.24, 2.45) is 5.92 Å². The van der Waals surface area contributed by atoms with Gasteiger partial charge in [0.15, 0.2) is 0 Å². The number of aromatic nitrogens is 1. The Hall–Kier alpha value is -3.26. The van der Waals surface area contributed by atoms with Crippen LogP contribution in [0.3, 0.4) is 0 Å². The van der Waals surface area contributed by atoms with Crippen molar-refractivity contribution in [2.75, 3.05) is 52.0 Å². The third kappa shape index (κ3) is 10.9. The lowest BCUT2D eigenvalue weighted by molar-refractivity contribution is -0.140. The molecule has 290 valence electrons. The third-order valence-corrected chi connectivity index (χ3v) is 11.2. The van der Waals surface area contributed by atoms with Gasteiger partial charge in [-0.1, -0.05) is 59.5 Å². The Balaban J connectivity index is 1.29. The first-order valence-electron chi connectivity index (χ1n) is 18.9. The SMILES string of the molecule is C[C@@H](C(=O)N[C@H](C(=O)N1CCC[C@H]1c1nc(-c2ccc(OCCOCCOCCBr)c3ccccc23)cs1)C1CCCCC1)N(C)C(=O)OC(C)(C)C. The lowest BCUT2D eigenvalue weighted by atomic mass is 9.83. The van der Waals surface area contributed by atoms with Gasteiger partial charge >= 0.3 is 6.09 Å². The summed E-state index contributed by atoms with van der Waals surface area (Å²) in [6, 6.07) is 10.5. The van der Waals surface area contributed by atoms with Crippen LogP contribution in [0.4, 0.5) is 4.79 Å². The Morgan fingerprint density at radius 1 is 0.962 bits per heavy atom. The summed E-state index contributed by atoms with van der Waals surface area (Å²) in [6.07, 6.45) is 6.00. The average molecular weight is 816 g/mol. The molecular formula is C40H55BrN4O7S. The zero-order valence-corrected chi connectivity index (χ0v) is 34.1. The molecule has 3 amide bonds. The van der Waals surface area contributed by atoms with Crippen LogP contribution >= 0.6 is 27.3 Å². The van der Waals surface area contributed by atoms with E-state index in [1.165, 1.54) is 4.90 Å². The standard InChI is InChI=1S/C40H55BrN4O7S/c1-27(44(5)39(48)52-40(2,3)4)36(46)43-35(28-12-7-6-8-13-28)38(47)45-20-11-16-33(45)37-42-32(26-53-37)30-17-18-34(31-15-10-9-14-29(30)31)51-25-24-50-23-22-49-21-19-41/h9-10,14-15,17-18,26-28,33,35H,6-8,11-13,16,19-25H2,1-5H3,(H,43,46)/t27-,33-,35-/m0/s1. The number of carbonyl (C=O) groups excluding carboxylic acids is 3. The van der Waals surface area contributed by atoms with E-state index in [0.717, 1.165) is 83.1 Å². The highest BCUT2D eigenvalue weighted by Gasteiger charge is 2.41. The van der Waals surface area contributed by atoms with Crippen LogP contribution in [0.1, 0.15) is 83.7 Å². The number of likely N-dealkylation sites (N-methyl/N-ethyl adjacent to an activating group) is 1. The van der Waals surface area contributed by atoms with E-state index in [0.29, 0.717) is 39.6 Å². The summed E-state index contributed by atoms with van der Waals surface area (Å²) in [5, 5.41) is 8.89. The lowest BCUT2D eigenvalue weighted by Gasteiger charge is -2.36. The monoisotopic (exact) mass is 814 g/mol. The maximum Gasteiger partial charge on any atom is 0.410 e. The molecule has 0 radical (unpaired) electrons. The number of benzene rings is 2.